The Morgan fingerprint density at radius 2 is 1.97 bits per heavy atom. The third-order valence-electron chi connectivity index (χ3n) is 6.05. The number of nitrogens with zero attached hydrogens (tertiary/aromatic N) is 2. The van der Waals surface area contributed by atoms with Gasteiger partial charge in [-0.2, -0.15) is 5.10 Å². The molecule has 4 aromatic rings. The molecular formula is C27H26FN5O. The molecule has 0 radical (unpaired) electrons. The minimum atomic E-state index is -0.301. The highest BCUT2D eigenvalue weighted by atomic mass is 19.1. The topological polar surface area (TPSA) is 86.5 Å². The van der Waals surface area contributed by atoms with Crippen molar-refractivity contribution in [1.82, 2.24) is 20.2 Å². The number of hydrogen-bond acceptors (Lipinski definition) is 4. The molecule has 0 amide bonds. The summed E-state index contributed by atoms with van der Waals surface area (Å²) in [5.74, 6) is 0.325. The van der Waals surface area contributed by atoms with Crippen molar-refractivity contribution in [3.63, 3.8) is 0 Å². The Labute approximate surface area is 196 Å². The monoisotopic (exact) mass is 455 g/mol. The van der Waals surface area contributed by atoms with Crippen LogP contribution in [-0.4, -0.2) is 20.2 Å². The molecule has 34 heavy (non-hydrogen) atoms. The van der Waals surface area contributed by atoms with Crippen LogP contribution in [0.2, 0.25) is 0 Å². The number of halogens is 1. The number of rotatable bonds is 7. The molecule has 0 saturated carbocycles. The molecule has 0 bridgehead atoms. The Morgan fingerprint density at radius 1 is 1.15 bits per heavy atom. The Kier molecular flexibility index (Phi) is 5.84. The summed E-state index contributed by atoms with van der Waals surface area (Å²) in [6.45, 7) is 6.11. The maximum Gasteiger partial charge on any atom is 0.271 e. The van der Waals surface area contributed by atoms with Crippen LogP contribution in [0.15, 0.2) is 53.5 Å². The zero-order chi connectivity index (χ0) is 23.7. The van der Waals surface area contributed by atoms with Crippen molar-refractivity contribution in [2.45, 2.75) is 39.0 Å². The van der Waals surface area contributed by atoms with Gasteiger partial charge in [0.1, 0.15) is 5.82 Å². The van der Waals surface area contributed by atoms with Gasteiger partial charge in [-0.1, -0.05) is 44.2 Å². The number of imidazole rings is 1. The molecule has 0 fully saturated rings. The Balaban J connectivity index is 1.48. The fraction of sp³-hybridized carbons (Fsp3) is 0.222. The first-order valence-electron chi connectivity index (χ1n) is 11.5. The molecule has 6 nitrogen and oxygen atoms in total. The van der Waals surface area contributed by atoms with E-state index in [2.05, 4.69) is 45.1 Å². The van der Waals surface area contributed by atoms with Crippen molar-refractivity contribution in [1.29, 1.82) is 0 Å². The van der Waals surface area contributed by atoms with Crippen LogP contribution in [0, 0.1) is 5.82 Å². The van der Waals surface area contributed by atoms with Crippen LogP contribution < -0.4 is 21.3 Å². The highest BCUT2D eigenvalue weighted by molar-refractivity contribution is 5.84. The number of fused-ring (bicyclic) bond motifs is 2. The number of H-pyrrole nitrogens is 2. The number of benzene rings is 2. The van der Waals surface area contributed by atoms with Gasteiger partial charge in [-0.3, -0.25) is 4.79 Å². The molecule has 1 aliphatic carbocycles. The van der Waals surface area contributed by atoms with Crippen molar-refractivity contribution >= 4 is 29.1 Å². The summed E-state index contributed by atoms with van der Waals surface area (Å²) in [5.41, 5.74) is 5.28. The van der Waals surface area contributed by atoms with Gasteiger partial charge < -0.3 is 10.3 Å². The molecule has 2 heterocycles. The molecule has 1 aliphatic rings. The molecule has 5 rings (SSSR count). The third kappa shape index (κ3) is 4.29. The SMILES string of the molecule is C=C(CCC)Nc1nc2cc(-c3cc(Cc4n[nH]c(=O)c5c4=CCCC=5)ccc3F)ccc2[nH]1. The summed E-state index contributed by atoms with van der Waals surface area (Å²) < 4.78 is 14.9. The lowest BCUT2D eigenvalue weighted by Crippen LogP contribution is -2.45. The number of hydrogen-bond donors (Lipinski definition) is 3. The molecule has 0 saturated heterocycles. The van der Waals surface area contributed by atoms with E-state index in [0.29, 0.717) is 23.2 Å². The van der Waals surface area contributed by atoms with Crippen molar-refractivity contribution < 1.29 is 4.39 Å². The lowest BCUT2D eigenvalue weighted by Gasteiger charge is -2.09. The fourth-order valence-electron chi connectivity index (χ4n) is 4.40. The van der Waals surface area contributed by atoms with Crippen LogP contribution in [0.25, 0.3) is 34.3 Å². The van der Waals surface area contributed by atoms with E-state index in [1.165, 1.54) is 6.07 Å². The van der Waals surface area contributed by atoms with Crippen LogP contribution in [-0.2, 0) is 6.42 Å². The largest absolute Gasteiger partial charge is 0.330 e. The zero-order valence-corrected chi connectivity index (χ0v) is 19.0. The number of aromatic nitrogens is 4. The number of nitrogens with one attached hydrogen (secondary N) is 3. The molecule has 0 spiro atoms. The van der Waals surface area contributed by atoms with Crippen LogP contribution in [0.4, 0.5) is 10.3 Å². The summed E-state index contributed by atoms with van der Waals surface area (Å²) in [6, 6.07) is 10.8. The molecule has 7 heteroatoms. The summed E-state index contributed by atoms with van der Waals surface area (Å²) in [5, 5.41) is 11.6. The number of aromatic amines is 2. The lowest BCUT2D eigenvalue weighted by molar-refractivity contribution is 0.630. The molecule has 0 atom stereocenters. The average molecular weight is 456 g/mol. The molecular weight excluding hydrogens is 429 g/mol. The fourth-order valence-corrected chi connectivity index (χ4v) is 4.40. The van der Waals surface area contributed by atoms with E-state index < -0.39 is 0 Å². The summed E-state index contributed by atoms with van der Waals surface area (Å²) >= 11 is 0. The van der Waals surface area contributed by atoms with E-state index in [-0.39, 0.29) is 11.4 Å². The normalized spacial score (nSPS) is 12.6. The van der Waals surface area contributed by atoms with Gasteiger partial charge >= 0.3 is 0 Å². The Hall–Kier alpha value is -4.00. The molecule has 172 valence electrons. The zero-order valence-electron chi connectivity index (χ0n) is 19.0. The van der Waals surface area contributed by atoms with E-state index in [1.807, 2.05) is 30.3 Å². The van der Waals surface area contributed by atoms with E-state index >= 15 is 0 Å². The molecule has 2 aromatic heterocycles. The first-order valence-corrected chi connectivity index (χ1v) is 11.5. The van der Waals surface area contributed by atoms with Crippen LogP contribution >= 0.6 is 0 Å². The molecule has 0 aliphatic heterocycles. The van der Waals surface area contributed by atoms with Gasteiger partial charge in [-0.05, 0) is 54.7 Å². The smallest absolute Gasteiger partial charge is 0.271 e. The average Bonchev–Trinajstić information content (AvgIpc) is 3.23. The minimum Gasteiger partial charge on any atom is -0.330 e. The maximum absolute atomic E-state index is 14.9. The van der Waals surface area contributed by atoms with E-state index in [4.69, 9.17) is 0 Å². The highest BCUT2D eigenvalue weighted by Crippen LogP contribution is 2.28. The third-order valence-corrected chi connectivity index (χ3v) is 6.05. The second-order valence-electron chi connectivity index (χ2n) is 8.60. The van der Waals surface area contributed by atoms with Crippen LogP contribution in [0.1, 0.15) is 43.9 Å². The van der Waals surface area contributed by atoms with Crippen molar-refractivity contribution in [3.8, 4) is 11.1 Å². The summed E-state index contributed by atoms with van der Waals surface area (Å²) in [6.07, 6.45) is 8.10. The lowest BCUT2D eigenvalue weighted by atomic mass is 9.98. The molecule has 0 unspecified atom stereocenters. The quantitative estimate of drug-likeness (QED) is 0.391. The van der Waals surface area contributed by atoms with Gasteiger partial charge in [0.05, 0.1) is 16.7 Å². The minimum absolute atomic E-state index is 0.172. The van der Waals surface area contributed by atoms with E-state index in [9.17, 15) is 9.18 Å². The van der Waals surface area contributed by atoms with Gasteiger partial charge in [-0.15, -0.1) is 0 Å². The van der Waals surface area contributed by atoms with Gasteiger partial charge in [0.25, 0.3) is 5.56 Å². The summed E-state index contributed by atoms with van der Waals surface area (Å²) in [4.78, 5) is 19.9. The molecule has 2 aromatic carbocycles. The van der Waals surface area contributed by atoms with Crippen LogP contribution in [0.3, 0.4) is 0 Å². The predicted octanol–water partition coefficient (Wildman–Crippen LogP) is 4.12. The van der Waals surface area contributed by atoms with Crippen molar-refractivity contribution in [2.24, 2.45) is 0 Å². The van der Waals surface area contributed by atoms with Crippen molar-refractivity contribution in [3.05, 3.63) is 86.5 Å². The number of anilines is 1. The maximum atomic E-state index is 14.9. The van der Waals surface area contributed by atoms with Gasteiger partial charge in [0.15, 0.2) is 0 Å². The molecule has 3 N–H and O–H groups in total. The Morgan fingerprint density at radius 3 is 2.79 bits per heavy atom. The van der Waals surface area contributed by atoms with Gasteiger partial charge in [0, 0.05) is 28.1 Å². The van der Waals surface area contributed by atoms with Gasteiger partial charge in [0.2, 0.25) is 5.95 Å². The van der Waals surface area contributed by atoms with E-state index in [0.717, 1.165) is 64.5 Å². The van der Waals surface area contributed by atoms with E-state index in [1.54, 1.807) is 6.07 Å². The van der Waals surface area contributed by atoms with Crippen molar-refractivity contribution in [2.75, 3.05) is 5.32 Å². The number of allylic oxidation sites excluding steroid dienone is 1. The summed E-state index contributed by atoms with van der Waals surface area (Å²) in [7, 11) is 0. The van der Waals surface area contributed by atoms with Crippen LogP contribution in [0.5, 0.6) is 0 Å². The first-order chi connectivity index (χ1) is 16.5. The second kappa shape index (κ2) is 9.09. The van der Waals surface area contributed by atoms with Gasteiger partial charge in [-0.25, -0.2) is 14.5 Å². The predicted molar refractivity (Wildman–Crippen MR) is 134 cm³/mol. The highest BCUT2D eigenvalue weighted by Gasteiger charge is 2.12. The Bertz CT molecular complexity index is 1580. The first kappa shape index (κ1) is 21.8. The standard InChI is InChI=1S/C27H26FN5O/c1-3-6-16(2)29-27-30-23-12-10-18(15-25(23)31-27)21-13-17(9-11-22(21)28)14-24-19-7-4-5-8-20(19)26(34)33-32-24/h7-13,15H,2-6,14H2,1H3,(H,33,34)(H2,29,30,31). The second-order valence-corrected chi connectivity index (χ2v) is 8.60.